The summed E-state index contributed by atoms with van der Waals surface area (Å²) < 4.78 is 35.6. The number of rotatable bonds is 8. The van der Waals surface area contributed by atoms with E-state index in [1.165, 1.54) is 22.8 Å². The SMILES string of the molecule is Cc1cc(Cn2c(=O)c3cc(S(=O)(=O)NC4(C)CC4)ccc3n(CCC(N)=O)c2=O)on1. The summed E-state index contributed by atoms with van der Waals surface area (Å²) in [7, 11) is -3.87. The zero-order valence-electron chi connectivity index (χ0n) is 17.6. The summed E-state index contributed by atoms with van der Waals surface area (Å²) in [5.74, 6) is -0.329. The van der Waals surface area contributed by atoms with E-state index in [4.69, 9.17) is 10.3 Å². The van der Waals surface area contributed by atoms with Crippen LogP contribution in [0.5, 0.6) is 0 Å². The molecule has 0 saturated heterocycles. The Kier molecular flexibility index (Phi) is 5.29. The number of carbonyl (C=O) groups is 1. The highest BCUT2D eigenvalue weighted by Gasteiger charge is 2.41. The third-order valence-electron chi connectivity index (χ3n) is 5.46. The summed E-state index contributed by atoms with van der Waals surface area (Å²) in [6.45, 7) is 3.24. The number of amides is 1. The average molecular weight is 462 g/mol. The third-order valence-corrected chi connectivity index (χ3v) is 7.10. The van der Waals surface area contributed by atoms with Crippen LogP contribution in [0.3, 0.4) is 0 Å². The van der Waals surface area contributed by atoms with Crippen molar-refractivity contribution in [2.75, 3.05) is 0 Å². The average Bonchev–Trinajstić information content (AvgIpc) is 3.28. The summed E-state index contributed by atoms with van der Waals surface area (Å²) in [4.78, 5) is 37.5. The molecular weight excluding hydrogens is 438 g/mol. The van der Waals surface area contributed by atoms with E-state index >= 15 is 0 Å². The van der Waals surface area contributed by atoms with Gasteiger partial charge in [0.25, 0.3) is 5.56 Å². The monoisotopic (exact) mass is 461 g/mol. The molecule has 3 aromatic rings. The summed E-state index contributed by atoms with van der Waals surface area (Å²) in [5, 5.41) is 3.78. The van der Waals surface area contributed by atoms with Crippen molar-refractivity contribution in [2.45, 2.75) is 56.6 Å². The second kappa shape index (κ2) is 7.71. The molecule has 0 radical (unpaired) electrons. The van der Waals surface area contributed by atoms with Gasteiger partial charge in [-0.3, -0.25) is 18.7 Å². The molecule has 12 heteroatoms. The van der Waals surface area contributed by atoms with E-state index in [-0.39, 0.29) is 41.1 Å². The highest BCUT2D eigenvalue weighted by Crippen LogP contribution is 2.36. The number of aryl methyl sites for hydroxylation is 2. The second-order valence-corrected chi connectivity index (χ2v) is 10.0. The van der Waals surface area contributed by atoms with Crippen LogP contribution >= 0.6 is 0 Å². The van der Waals surface area contributed by atoms with Crippen molar-refractivity contribution in [2.24, 2.45) is 5.73 Å². The molecule has 1 aliphatic rings. The van der Waals surface area contributed by atoms with Crippen LogP contribution in [0.2, 0.25) is 0 Å². The third kappa shape index (κ3) is 4.23. The minimum Gasteiger partial charge on any atom is -0.370 e. The van der Waals surface area contributed by atoms with E-state index in [1.54, 1.807) is 19.9 Å². The van der Waals surface area contributed by atoms with Gasteiger partial charge in [-0.15, -0.1) is 0 Å². The van der Waals surface area contributed by atoms with E-state index < -0.39 is 32.7 Å². The highest BCUT2D eigenvalue weighted by atomic mass is 32.2. The van der Waals surface area contributed by atoms with E-state index in [0.717, 1.165) is 17.4 Å². The molecule has 11 nitrogen and oxygen atoms in total. The number of primary amides is 1. The van der Waals surface area contributed by atoms with Crippen LogP contribution in [-0.2, 0) is 27.9 Å². The smallest absolute Gasteiger partial charge is 0.331 e. The molecule has 1 aromatic carbocycles. The van der Waals surface area contributed by atoms with Crippen LogP contribution in [0.4, 0.5) is 0 Å². The van der Waals surface area contributed by atoms with Crippen LogP contribution in [0.25, 0.3) is 10.9 Å². The van der Waals surface area contributed by atoms with Crippen molar-refractivity contribution in [3.05, 3.63) is 56.6 Å². The van der Waals surface area contributed by atoms with Gasteiger partial charge in [0.05, 0.1) is 28.0 Å². The Balaban J connectivity index is 1.89. The van der Waals surface area contributed by atoms with Gasteiger partial charge in [0.1, 0.15) is 0 Å². The Labute approximate surface area is 182 Å². The Hall–Kier alpha value is -3.25. The van der Waals surface area contributed by atoms with Crippen molar-refractivity contribution in [1.29, 1.82) is 0 Å². The van der Waals surface area contributed by atoms with Gasteiger partial charge in [0, 0.05) is 24.6 Å². The molecule has 0 unspecified atom stereocenters. The molecule has 32 heavy (non-hydrogen) atoms. The number of fused-ring (bicyclic) bond motifs is 1. The van der Waals surface area contributed by atoms with Gasteiger partial charge in [0.15, 0.2) is 5.76 Å². The maximum Gasteiger partial charge on any atom is 0.331 e. The predicted octanol–water partition coefficient (Wildman–Crippen LogP) is 0.214. The van der Waals surface area contributed by atoms with Gasteiger partial charge in [0.2, 0.25) is 15.9 Å². The Bertz CT molecular complexity index is 1450. The van der Waals surface area contributed by atoms with Gasteiger partial charge in [-0.05, 0) is 44.9 Å². The number of nitrogens with zero attached hydrogens (tertiary/aromatic N) is 3. The van der Waals surface area contributed by atoms with Gasteiger partial charge in [-0.25, -0.2) is 17.9 Å². The molecule has 1 fully saturated rings. The lowest BCUT2D eigenvalue weighted by Gasteiger charge is -2.15. The first-order chi connectivity index (χ1) is 15.0. The fraction of sp³-hybridized carbons (Fsp3) is 0.400. The topological polar surface area (TPSA) is 159 Å². The van der Waals surface area contributed by atoms with Crippen molar-refractivity contribution < 1.29 is 17.7 Å². The number of hydrogen-bond donors (Lipinski definition) is 2. The standard InChI is InChI=1S/C20H23N5O6S/c1-12-9-13(31-22-12)11-25-18(27)15-10-14(32(29,30)23-20(2)6-7-20)3-4-16(15)24(19(25)28)8-5-17(21)26/h3-4,9-10,23H,5-8,11H2,1-2H3,(H2,21,26). The van der Waals surface area contributed by atoms with Crippen molar-refractivity contribution >= 4 is 26.8 Å². The number of carbonyl (C=O) groups excluding carboxylic acids is 1. The fourth-order valence-corrected chi connectivity index (χ4v) is 4.96. The minimum atomic E-state index is -3.87. The zero-order valence-corrected chi connectivity index (χ0v) is 18.4. The summed E-state index contributed by atoms with van der Waals surface area (Å²) in [5.41, 5.74) is 4.20. The molecule has 2 aromatic heterocycles. The summed E-state index contributed by atoms with van der Waals surface area (Å²) >= 11 is 0. The molecule has 1 amide bonds. The second-order valence-electron chi connectivity index (χ2n) is 8.32. The Morgan fingerprint density at radius 1 is 1.25 bits per heavy atom. The molecule has 1 aliphatic carbocycles. The zero-order chi connectivity index (χ0) is 23.3. The number of sulfonamides is 1. The van der Waals surface area contributed by atoms with Crippen LogP contribution in [0.1, 0.15) is 37.6 Å². The summed E-state index contributed by atoms with van der Waals surface area (Å²) in [6, 6.07) is 5.56. The van der Waals surface area contributed by atoms with Gasteiger partial charge in [-0.1, -0.05) is 5.16 Å². The van der Waals surface area contributed by atoms with Crippen molar-refractivity contribution in [3.63, 3.8) is 0 Å². The lowest BCUT2D eigenvalue weighted by Crippen LogP contribution is -2.41. The molecule has 0 spiro atoms. The van der Waals surface area contributed by atoms with E-state index in [1.807, 2.05) is 0 Å². The van der Waals surface area contributed by atoms with Crippen molar-refractivity contribution in [3.8, 4) is 0 Å². The number of nitrogens with one attached hydrogen (secondary N) is 1. The van der Waals surface area contributed by atoms with Gasteiger partial charge >= 0.3 is 5.69 Å². The molecule has 4 rings (SSSR count). The first-order valence-corrected chi connectivity index (χ1v) is 11.5. The van der Waals surface area contributed by atoms with Crippen molar-refractivity contribution in [1.82, 2.24) is 19.0 Å². The molecule has 0 atom stereocenters. The first kappa shape index (κ1) is 22.0. The molecule has 3 N–H and O–H groups in total. The Morgan fingerprint density at radius 2 is 1.97 bits per heavy atom. The molecule has 170 valence electrons. The predicted molar refractivity (Wildman–Crippen MR) is 115 cm³/mol. The maximum atomic E-state index is 13.2. The van der Waals surface area contributed by atoms with Crippen LogP contribution in [0, 0.1) is 6.92 Å². The normalized spacial score (nSPS) is 15.2. The molecule has 0 aliphatic heterocycles. The lowest BCUT2D eigenvalue weighted by atomic mass is 10.2. The van der Waals surface area contributed by atoms with E-state index in [0.29, 0.717) is 5.69 Å². The largest absolute Gasteiger partial charge is 0.370 e. The first-order valence-electron chi connectivity index (χ1n) is 10.0. The van der Waals surface area contributed by atoms with E-state index in [2.05, 4.69) is 9.88 Å². The number of hydrogen-bond acceptors (Lipinski definition) is 7. The molecular formula is C20H23N5O6S. The molecule has 1 saturated carbocycles. The van der Waals surface area contributed by atoms with E-state index in [9.17, 15) is 22.8 Å². The Morgan fingerprint density at radius 3 is 2.56 bits per heavy atom. The van der Waals surface area contributed by atoms with Gasteiger partial charge in [-0.2, -0.15) is 0 Å². The molecule has 0 bridgehead atoms. The number of nitrogens with two attached hydrogens (primary N) is 1. The molecule has 2 heterocycles. The van der Waals surface area contributed by atoms with Crippen LogP contribution in [-0.4, -0.2) is 34.2 Å². The number of aromatic nitrogens is 3. The van der Waals surface area contributed by atoms with Crippen LogP contribution in [0.15, 0.2) is 43.3 Å². The highest BCUT2D eigenvalue weighted by molar-refractivity contribution is 7.89. The maximum absolute atomic E-state index is 13.2. The van der Waals surface area contributed by atoms with Crippen LogP contribution < -0.4 is 21.7 Å². The lowest BCUT2D eigenvalue weighted by molar-refractivity contribution is -0.118. The summed E-state index contributed by atoms with van der Waals surface area (Å²) in [6.07, 6.45) is 1.33. The number of benzene rings is 1. The quantitative estimate of drug-likeness (QED) is 0.485. The van der Waals surface area contributed by atoms with Gasteiger partial charge < -0.3 is 10.3 Å². The minimum absolute atomic E-state index is 0.0223. The fourth-order valence-electron chi connectivity index (χ4n) is 3.47.